The van der Waals surface area contributed by atoms with E-state index in [4.69, 9.17) is 4.74 Å². The first kappa shape index (κ1) is 11.3. The van der Waals surface area contributed by atoms with Crippen LogP contribution in [-0.2, 0) is 4.79 Å². The van der Waals surface area contributed by atoms with E-state index in [0.717, 1.165) is 0 Å². The third-order valence-corrected chi connectivity index (χ3v) is 1.82. The molecule has 15 heavy (non-hydrogen) atoms. The summed E-state index contributed by atoms with van der Waals surface area (Å²) in [5, 5.41) is 14.7. The molecule has 1 aromatic carbocycles. The molecule has 0 aliphatic rings. The Kier molecular flexibility index (Phi) is 3.93. The number of methoxy groups -OCH3 is 1. The molecule has 1 rings (SSSR count). The lowest BCUT2D eigenvalue weighted by Gasteiger charge is -2.08. The molecule has 0 aliphatic carbocycles. The monoisotopic (exact) mass is 210 g/mol. The molecule has 0 aliphatic heterocycles. The first-order valence-corrected chi connectivity index (χ1v) is 4.49. The number of rotatable bonds is 4. The van der Waals surface area contributed by atoms with Crippen molar-refractivity contribution in [3.8, 4) is 11.5 Å². The van der Waals surface area contributed by atoms with Crippen molar-refractivity contribution in [2.24, 2.45) is 0 Å². The van der Waals surface area contributed by atoms with Crippen LogP contribution in [0.2, 0.25) is 0 Å². The van der Waals surface area contributed by atoms with Gasteiger partial charge in [-0.15, -0.1) is 0 Å². The van der Waals surface area contributed by atoms with E-state index in [1.807, 2.05) is 0 Å². The number of hydrogen-bond acceptors (Lipinski definition) is 4. The van der Waals surface area contributed by atoms with E-state index in [9.17, 15) is 9.90 Å². The van der Waals surface area contributed by atoms with E-state index in [1.165, 1.54) is 13.2 Å². The summed E-state index contributed by atoms with van der Waals surface area (Å²) in [6.07, 6.45) is 0. The van der Waals surface area contributed by atoms with Crippen molar-refractivity contribution in [1.29, 1.82) is 0 Å². The van der Waals surface area contributed by atoms with Gasteiger partial charge in [0.2, 0.25) is 5.91 Å². The second-order valence-electron chi connectivity index (χ2n) is 2.96. The van der Waals surface area contributed by atoms with Gasteiger partial charge in [0.15, 0.2) is 0 Å². The van der Waals surface area contributed by atoms with Crippen molar-refractivity contribution < 1.29 is 14.6 Å². The topological polar surface area (TPSA) is 70.6 Å². The third kappa shape index (κ3) is 3.14. The summed E-state index contributed by atoms with van der Waals surface area (Å²) in [6.45, 7) is 0.191. The van der Waals surface area contributed by atoms with Gasteiger partial charge < -0.3 is 20.5 Å². The predicted molar refractivity (Wildman–Crippen MR) is 57.2 cm³/mol. The Bertz CT molecular complexity index is 353. The van der Waals surface area contributed by atoms with Crippen LogP contribution in [0.15, 0.2) is 18.2 Å². The van der Waals surface area contributed by atoms with E-state index < -0.39 is 0 Å². The van der Waals surface area contributed by atoms with Crippen LogP contribution in [0.3, 0.4) is 0 Å². The van der Waals surface area contributed by atoms with Crippen LogP contribution in [0.4, 0.5) is 5.69 Å². The maximum absolute atomic E-state index is 11.2. The number of benzene rings is 1. The van der Waals surface area contributed by atoms with Crippen molar-refractivity contribution in [2.45, 2.75) is 0 Å². The number of carbonyl (C=O) groups excluding carboxylic acids is 1. The Hall–Kier alpha value is -1.75. The van der Waals surface area contributed by atoms with Crippen LogP contribution < -0.4 is 15.4 Å². The SMILES string of the molecule is CNCC(=O)Nc1cc(OC)ccc1O. The zero-order chi connectivity index (χ0) is 11.3. The molecule has 0 saturated heterocycles. The standard InChI is InChI=1S/C10H14N2O3/c1-11-6-10(14)12-8-5-7(15-2)3-4-9(8)13/h3-5,11,13H,6H2,1-2H3,(H,12,14). The van der Waals surface area contributed by atoms with Gasteiger partial charge in [-0.2, -0.15) is 0 Å². The molecule has 0 aromatic heterocycles. The Labute approximate surface area is 88.1 Å². The minimum Gasteiger partial charge on any atom is -0.506 e. The number of likely N-dealkylation sites (N-methyl/N-ethyl adjacent to an activating group) is 1. The fourth-order valence-electron chi connectivity index (χ4n) is 1.10. The molecule has 1 amide bonds. The minimum atomic E-state index is -0.221. The molecule has 0 bridgehead atoms. The second-order valence-corrected chi connectivity index (χ2v) is 2.96. The molecule has 0 unspecified atom stereocenters. The highest BCUT2D eigenvalue weighted by molar-refractivity contribution is 5.93. The van der Waals surface area contributed by atoms with Gasteiger partial charge in [0.05, 0.1) is 19.3 Å². The molecule has 0 spiro atoms. The van der Waals surface area contributed by atoms with E-state index in [-0.39, 0.29) is 18.2 Å². The lowest BCUT2D eigenvalue weighted by molar-refractivity contribution is -0.115. The molecule has 5 nitrogen and oxygen atoms in total. The van der Waals surface area contributed by atoms with Crippen molar-refractivity contribution in [3.05, 3.63) is 18.2 Å². The fraction of sp³-hybridized carbons (Fsp3) is 0.300. The molecule has 3 N–H and O–H groups in total. The zero-order valence-corrected chi connectivity index (χ0v) is 8.70. The average Bonchev–Trinajstić information content (AvgIpc) is 2.21. The van der Waals surface area contributed by atoms with Crippen LogP contribution in [0.5, 0.6) is 11.5 Å². The molecule has 0 heterocycles. The molecule has 82 valence electrons. The summed E-state index contributed by atoms with van der Waals surface area (Å²) in [5.74, 6) is 0.369. The van der Waals surface area contributed by atoms with Gasteiger partial charge in [-0.1, -0.05) is 0 Å². The summed E-state index contributed by atoms with van der Waals surface area (Å²) in [4.78, 5) is 11.2. The molecular weight excluding hydrogens is 196 g/mol. The molecule has 0 radical (unpaired) electrons. The van der Waals surface area contributed by atoms with E-state index in [1.54, 1.807) is 19.2 Å². The predicted octanol–water partition coefficient (Wildman–Crippen LogP) is 0.559. The second kappa shape index (κ2) is 5.21. The van der Waals surface area contributed by atoms with Gasteiger partial charge in [-0.25, -0.2) is 0 Å². The maximum Gasteiger partial charge on any atom is 0.238 e. The van der Waals surface area contributed by atoms with Gasteiger partial charge in [0, 0.05) is 6.07 Å². The van der Waals surface area contributed by atoms with Crippen LogP contribution in [0.25, 0.3) is 0 Å². The van der Waals surface area contributed by atoms with Crippen LogP contribution in [0.1, 0.15) is 0 Å². The Morgan fingerprint density at radius 3 is 2.87 bits per heavy atom. The highest BCUT2D eigenvalue weighted by Crippen LogP contribution is 2.27. The van der Waals surface area contributed by atoms with Crippen LogP contribution in [0, 0.1) is 0 Å². The summed E-state index contributed by atoms with van der Waals surface area (Å²) in [6, 6.07) is 4.64. The van der Waals surface area contributed by atoms with E-state index >= 15 is 0 Å². The summed E-state index contributed by atoms with van der Waals surface area (Å²) in [7, 11) is 3.19. The Balaban J connectivity index is 2.79. The van der Waals surface area contributed by atoms with Gasteiger partial charge >= 0.3 is 0 Å². The van der Waals surface area contributed by atoms with E-state index in [0.29, 0.717) is 11.4 Å². The first-order valence-electron chi connectivity index (χ1n) is 4.49. The molecule has 0 saturated carbocycles. The average molecular weight is 210 g/mol. The van der Waals surface area contributed by atoms with Crippen molar-refractivity contribution in [1.82, 2.24) is 5.32 Å². The number of carbonyl (C=O) groups is 1. The van der Waals surface area contributed by atoms with Crippen LogP contribution in [-0.4, -0.2) is 31.7 Å². The van der Waals surface area contributed by atoms with Crippen molar-refractivity contribution in [3.63, 3.8) is 0 Å². The molecular formula is C10H14N2O3. The highest BCUT2D eigenvalue weighted by atomic mass is 16.5. The number of phenolic OH excluding ortho intramolecular Hbond substituents is 1. The number of ether oxygens (including phenoxy) is 1. The summed E-state index contributed by atoms with van der Waals surface area (Å²) >= 11 is 0. The fourth-order valence-corrected chi connectivity index (χ4v) is 1.10. The molecule has 1 aromatic rings. The lowest BCUT2D eigenvalue weighted by atomic mass is 10.2. The quantitative estimate of drug-likeness (QED) is 0.635. The number of aromatic hydroxyl groups is 1. The zero-order valence-electron chi connectivity index (χ0n) is 8.70. The van der Waals surface area contributed by atoms with Gasteiger partial charge in [-0.05, 0) is 19.2 Å². The largest absolute Gasteiger partial charge is 0.506 e. The Morgan fingerprint density at radius 1 is 1.53 bits per heavy atom. The van der Waals surface area contributed by atoms with Gasteiger partial charge in [-0.3, -0.25) is 4.79 Å². The van der Waals surface area contributed by atoms with Gasteiger partial charge in [0.25, 0.3) is 0 Å². The normalized spacial score (nSPS) is 9.73. The number of hydrogen-bond donors (Lipinski definition) is 3. The number of nitrogens with one attached hydrogen (secondary N) is 2. The number of amides is 1. The smallest absolute Gasteiger partial charge is 0.238 e. The minimum absolute atomic E-state index is 0.0141. The molecule has 0 atom stereocenters. The number of anilines is 1. The lowest BCUT2D eigenvalue weighted by Crippen LogP contribution is -2.25. The molecule has 5 heteroatoms. The highest BCUT2D eigenvalue weighted by Gasteiger charge is 2.06. The number of phenols is 1. The van der Waals surface area contributed by atoms with Crippen molar-refractivity contribution in [2.75, 3.05) is 26.0 Å². The maximum atomic E-state index is 11.2. The summed E-state index contributed by atoms with van der Waals surface area (Å²) < 4.78 is 4.97. The third-order valence-electron chi connectivity index (χ3n) is 1.82. The Morgan fingerprint density at radius 2 is 2.27 bits per heavy atom. The van der Waals surface area contributed by atoms with E-state index in [2.05, 4.69) is 10.6 Å². The molecule has 0 fully saturated rings. The van der Waals surface area contributed by atoms with Crippen molar-refractivity contribution >= 4 is 11.6 Å². The first-order chi connectivity index (χ1) is 7.17. The van der Waals surface area contributed by atoms with Crippen LogP contribution >= 0.6 is 0 Å². The summed E-state index contributed by atoms with van der Waals surface area (Å²) in [5.41, 5.74) is 0.342. The van der Waals surface area contributed by atoms with Gasteiger partial charge in [0.1, 0.15) is 11.5 Å².